The van der Waals surface area contributed by atoms with Gasteiger partial charge in [0.05, 0.1) is 4.90 Å². The summed E-state index contributed by atoms with van der Waals surface area (Å²) in [6, 6.07) is 5.02. The number of sulfonamides is 1. The van der Waals surface area contributed by atoms with Gasteiger partial charge in [-0.1, -0.05) is 12.8 Å². The second kappa shape index (κ2) is 8.67. The summed E-state index contributed by atoms with van der Waals surface area (Å²) in [5.41, 5.74) is 1.72. The van der Waals surface area contributed by atoms with Crippen LogP contribution in [0.5, 0.6) is 0 Å². The van der Waals surface area contributed by atoms with Crippen molar-refractivity contribution in [2.75, 3.05) is 24.5 Å². The quantitative estimate of drug-likeness (QED) is 0.747. The van der Waals surface area contributed by atoms with E-state index in [4.69, 9.17) is 0 Å². The summed E-state index contributed by atoms with van der Waals surface area (Å²) in [4.78, 5) is 28.8. The fourth-order valence-electron chi connectivity index (χ4n) is 4.49. The predicted octanol–water partition coefficient (Wildman–Crippen LogP) is 2.45. The van der Waals surface area contributed by atoms with Crippen molar-refractivity contribution in [2.45, 2.75) is 69.2 Å². The van der Waals surface area contributed by atoms with Gasteiger partial charge in [0, 0.05) is 43.7 Å². The standard InChI is InChI=1S/C22H31N3O4S/c1-16-14-18-15-19(8-9-20(18)25(16)22(27)17-6-7-17)30(28,29)23-11-10-21(26)24-12-4-2-3-5-13-24/h8-9,15-17,23H,2-7,10-14H2,1H3. The number of carbonyl (C=O) groups is 2. The van der Waals surface area contributed by atoms with Crippen LogP contribution in [-0.4, -0.2) is 50.8 Å². The normalized spacial score (nSPS) is 22.0. The number of carbonyl (C=O) groups excluding carboxylic acids is 2. The Labute approximate surface area is 178 Å². The van der Waals surface area contributed by atoms with Gasteiger partial charge in [0.1, 0.15) is 0 Å². The third-order valence-corrected chi connectivity index (χ3v) is 7.79. The zero-order chi connectivity index (χ0) is 21.3. The molecule has 1 saturated heterocycles. The molecule has 1 atom stereocenters. The molecule has 164 valence electrons. The molecule has 0 radical (unpaired) electrons. The van der Waals surface area contributed by atoms with Crippen molar-refractivity contribution in [3.8, 4) is 0 Å². The van der Waals surface area contributed by atoms with E-state index in [0.717, 1.165) is 62.9 Å². The lowest BCUT2D eigenvalue weighted by atomic mass is 10.1. The molecule has 1 unspecified atom stereocenters. The van der Waals surface area contributed by atoms with Gasteiger partial charge in [-0.2, -0.15) is 0 Å². The van der Waals surface area contributed by atoms with Crippen LogP contribution in [0.2, 0.25) is 0 Å². The number of fused-ring (bicyclic) bond motifs is 1. The molecule has 4 rings (SSSR count). The Kier molecular flexibility index (Phi) is 6.16. The van der Waals surface area contributed by atoms with Gasteiger partial charge >= 0.3 is 0 Å². The highest BCUT2D eigenvalue weighted by Crippen LogP contribution is 2.39. The van der Waals surface area contributed by atoms with Gasteiger partial charge in [0.15, 0.2) is 0 Å². The number of rotatable bonds is 6. The van der Waals surface area contributed by atoms with Crippen molar-refractivity contribution in [1.82, 2.24) is 9.62 Å². The zero-order valence-electron chi connectivity index (χ0n) is 17.6. The van der Waals surface area contributed by atoms with Gasteiger partial charge in [-0.3, -0.25) is 9.59 Å². The van der Waals surface area contributed by atoms with E-state index in [2.05, 4.69) is 4.72 Å². The van der Waals surface area contributed by atoms with E-state index < -0.39 is 10.0 Å². The Hall–Kier alpha value is -1.93. The lowest BCUT2D eigenvalue weighted by Gasteiger charge is -2.22. The molecule has 0 aromatic heterocycles. The predicted molar refractivity (Wildman–Crippen MR) is 115 cm³/mol. The topological polar surface area (TPSA) is 86.8 Å². The number of hydrogen-bond donors (Lipinski definition) is 1. The fraction of sp³-hybridized carbons (Fsp3) is 0.636. The molecule has 1 N–H and O–H groups in total. The largest absolute Gasteiger partial charge is 0.343 e. The molecular weight excluding hydrogens is 402 g/mol. The molecule has 0 bridgehead atoms. The number of anilines is 1. The molecule has 0 spiro atoms. The molecule has 7 nitrogen and oxygen atoms in total. The minimum absolute atomic E-state index is 0.0107. The molecule has 1 aromatic rings. The monoisotopic (exact) mass is 433 g/mol. The lowest BCUT2D eigenvalue weighted by Crippen LogP contribution is -2.36. The third-order valence-electron chi connectivity index (χ3n) is 6.33. The second-order valence-corrected chi connectivity index (χ2v) is 10.5. The highest BCUT2D eigenvalue weighted by molar-refractivity contribution is 7.89. The number of nitrogens with one attached hydrogen (secondary N) is 1. The van der Waals surface area contributed by atoms with Crippen molar-refractivity contribution in [2.24, 2.45) is 5.92 Å². The van der Waals surface area contributed by atoms with Crippen LogP contribution in [0.15, 0.2) is 23.1 Å². The number of amides is 2. The maximum Gasteiger partial charge on any atom is 0.240 e. The van der Waals surface area contributed by atoms with Crippen molar-refractivity contribution >= 4 is 27.5 Å². The molecule has 3 aliphatic rings. The minimum Gasteiger partial charge on any atom is -0.343 e. The maximum absolute atomic E-state index is 12.7. The van der Waals surface area contributed by atoms with Crippen LogP contribution in [0.1, 0.15) is 57.4 Å². The van der Waals surface area contributed by atoms with Crippen molar-refractivity contribution < 1.29 is 18.0 Å². The van der Waals surface area contributed by atoms with Crippen molar-refractivity contribution in [3.05, 3.63) is 23.8 Å². The molecule has 1 aliphatic carbocycles. The van der Waals surface area contributed by atoms with Gasteiger partial charge in [0.2, 0.25) is 21.8 Å². The van der Waals surface area contributed by atoms with Gasteiger partial charge in [0.25, 0.3) is 0 Å². The SMILES string of the molecule is CC1Cc2cc(S(=O)(=O)NCCC(=O)N3CCCCCC3)ccc2N1C(=O)C1CC1. The van der Waals surface area contributed by atoms with E-state index in [9.17, 15) is 18.0 Å². The number of likely N-dealkylation sites (tertiary alicyclic amines) is 1. The van der Waals surface area contributed by atoms with Crippen LogP contribution in [0.25, 0.3) is 0 Å². The smallest absolute Gasteiger partial charge is 0.240 e. The summed E-state index contributed by atoms with van der Waals surface area (Å²) in [6.45, 7) is 3.63. The van der Waals surface area contributed by atoms with Crippen molar-refractivity contribution in [3.63, 3.8) is 0 Å². The summed E-state index contributed by atoms with van der Waals surface area (Å²) >= 11 is 0. The lowest BCUT2D eigenvalue weighted by molar-refractivity contribution is -0.131. The number of nitrogens with zero attached hydrogens (tertiary/aromatic N) is 2. The first-order valence-electron chi connectivity index (χ1n) is 11.1. The Morgan fingerprint density at radius 2 is 1.80 bits per heavy atom. The first-order valence-corrected chi connectivity index (χ1v) is 12.6. The molecule has 2 amide bonds. The number of benzene rings is 1. The molecule has 30 heavy (non-hydrogen) atoms. The highest BCUT2D eigenvalue weighted by atomic mass is 32.2. The van der Waals surface area contributed by atoms with E-state index in [-0.39, 0.29) is 41.6 Å². The number of hydrogen-bond acceptors (Lipinski definition) is 4. The van der Waals surface area contributed by atoms with E-state index in [1.54, 1.807) is 18.2 Å². The summed E-state index contributed by atoms with van der Waals surface area (Å²) in [6.07, 6.45) is 7.06. The van der Waals surface area contributed by atoms with E-state index in [0.29, 0.717) is 6.42 Å². The Morgan fingerprint density at radius 1 is 1.10 bits per heavy atom. The van der Waals surface area contributed by atoms with E-state index in [1.807, 2.05) is 16.7 Å². The molecule has 8 heteroatoms. The first-order chi connectivity index (χ1) is 14.4. The van der Waals surface area contributed by atoms with Crippen LogP contribution >= 0.6 is 0 Å². The molecule has 1 aromatic carbocycles. The molecule has 2 heterocycles. The van der Waals surface area contributed by atoms with E-state index in [1.165, 1.54) is 0 Å². The first kappa shape index (κ1) is 21.3. The molecular formula is C22H31N3O4S. The van der Waals surface area contributed by atoms with Crippen LogP contribution < -0.4 is 9.62 Å². The second-order valence-electron chi connectivity index (χ2n) is 8.77. The summed E-state index contributed by atoms with van der Waals surface area (Å²) in [5, 5.41) is 0. The van der Waals surface area contributed by atoms with Crippen molar-refractivity contribution in [1.29, 1.82) is 0 Å². The highest BCUT2D eigenvalue weighted by Gasteiger charge is 2.39. The summed E-state index contributed by atoms with van der Waals surface area (Å²) in [7, 11) is -3.70. The van der Waals surface area contributed by atoms with E-state index >= 15 is 0 Å². The average molecular weight is 434 g/mol. The van der Waals surface area contributed by atoms with Crippen LogP contribution in [-0.2, 0) is 26.0 Å². The van der Waals surface area contributed by atoms with Crippen LogP contribution in [0, 0.1) is 5.92 Å². The van der Waals surface area contributed by atoms with Gasteiger partial charge < -0.3 is 9.80 Å². The molecule has 1 saturated carbocycles. The maximum atomic E-state index is 12.7. The third kappa shape index (κ3) is 4.54. The van der Waals surface area contributed by atoms with Crippen LogP contribution in [0.4, 0.5) is 5.69 Å². The van der Waals surface area contributed by atoms with Gasteiger partial charge in [-0.15, -0.1) is 0 Å². The fourth-order valence-corrected chi connectivity index (χ4v) is 5.57. The Bertz CT molecular complexity index is 918. The average Bonchev–Trinajstić information content (AvgIpc) is 3.52. The molecule has 2 fully saturated rings. The van der Waals surface area contributed by atoms with Gasteiger partial charge in [-0.05, 0) is 62.8 Å². The Balaban J connectivity index is 1.38. The molecule has 2 aliphatic heterocycles. The Morgan fingerprint density at radius 3 is 2.47 bits per heavy atom. The van der Waals surface area contributed by atoms with Crippen LogP contribution in [0.3, 0.4) is 0 Å². The zero-order valence-corrected chi connectivity index (χ0v) is 18.4. The minimum atomic E-state index is -3.70. The summed E-state index contributed by atoms with van der Waals surface area (Å²) in [5.74, 6) is 0.295. The van der Waals surface area contributed by atoms with Gasteiger partial charge in [-0.25, -0.2) is 13.1 Å². The summed E-state index contributed by atoms with van der Waals surface area (Å²) < 4.78 is 28.1.